The first kappa shape index (κ1) is 13.7. The number of nitrogens with one attached hydrogen (secondary N) is 1. The Morgan fingerprint density at radius 1 is 1.24 bits per heavy atom. The van der Waals surface area contributed by atoms with Crippen LogP contribution < -0.4 is 5.32 Å². The number of aromatic nitrogens is 1. The highest BCUT2D eigenvalue weighted by atomic mass is 16.6. The largest absolute Gasteiger partial charge is 0.310 e. The van der Waals surface area contributed by atoms with Gasteiger partial charge in [-0.25, -0.2) is 0 Å². The summed E-state index contributed by atoms with van der Waals surface area (Å²) in [5.41, 5.74) is 4.04. The molecule has 1 heterocycles. The van der Waals surface area contributed by atoms with Crippen molar-refractivity contribution in [3.8, 4) is 11.3 Å². The predicted molar refractivity (Wildman–Crippen MR) is 80.9 cm³/mol. The number of nitro benzene ring substituents is 1. The fourth-order valence-electron chi connectivity index (χ4n) is 2.23. The first-order valence-electron chi connectivity index (χ1n) is 7.08. The van der Waals surface area contributed by atoms with Gasteiger partial charge in [0.15, 0.2) is 0 Å². The van der Waals surface area contributed by atoms with E-state index in [-0.39, 0.29) is 5.69 Å². The van der Waals surface area contributed by atoms with E-state index >= 15 is 0 Å². The van der Waals surface area contributed by atoms with Crippen molar-refractivity contribution in [2.24, 2.45) is 0 Å². The van der Waals surface area contributed by atoms with E-state index in [0.717, 1.165) is 23.5 Å². The van der Waals surface area contributed by atoms with E-state index in [1.807, 2.05) is 13.0 Å². The van der Waals surface area contributed by atoms with Crippen molar-refractivity contribution in [1.29, 1.82) is 0 Å². The number of hydrogen-bond acceptors (Lipinski definition) is 4. The van der Waals surface area contributed by atoms with Crippen LogP contribution in [0, 0.1) is 17.0 Å². The molecule has 1 aliphatic rings. The van der Waals surface area contributed by atoms with Crippen molar-refractivity contribution >= 4 is 5.69 Å². The van der Waals surface area contributed by atoms with Gasteiger partial charge in [0, 0.05) is 36.0 Å². The highest BCUT2D eigenvalue weighted by Crippen LogP contribution is 2.23. The Morgan fingerprint density at radius 2 is 1.95 bits per heavy atom. The number of nitro groups is 1. The third kappa shape index (κ3) is 3.25. The summed E-state index contributed by atoms with van der Waals surface area (Å²) in [4.78, 5) is 14.9. The Kier molecular flexibility index (Phi) is 3.66. The number of pyridine rings is 1. The molecule has 5 heteroatoms. The third-order valence-electron chi connectivity index (χ3n) is 3.73. The van der Waals surface area contributed by atoms with E-state index in [9.17, 15) is 10.1 Å². The maximum Gasteiger partial charge on any atom is 0.269 e. The lowest BCUT2D eigenvalue weighted by Crippen LogP contribution is -2.16. The van der Waals surface area contributed by atoms with E-state index in [4.69, 9.17) is 0 Å². The molecule has 0 saturated heterocycles. The Bertz CT molecular complexity index is 664. The van der Waals surface area contributed by atoms with Gasteiger partial charge in [-0.15, -0.1) is 0 Å². The van der Waals surface area contributed by atoms with Gasteiger partial charge in [0.25, 0.3) is 5.69 Å². The number of benzene rings is 1. The standard InChI is InChI=1S/C16H17N3O2/c1-11-13(10-17-14-5-6-14)4-9-16(18-11)12-2-7-15(8-3-12)19(20)21/h2-4,7-9,14,17H,5-6,10H2,1H3. The second-order valence-electron chi connectivity index (χ2n) is 5.40. The van der Waals surface area contributed by atoms with Crippen molar-refractivity contribution in [2.45, 2.75) is 32.4 Å². The van der Waals surface area contributed by atoms with Crippen LogP contribution in [0.4, 0.5) is 5.69 Å². The van der Waals surface area contributed by atoms with Gasteiger partial charge in [-0.3, -0.25) is 15.1 Å². The van der Waals surface area contributed by atoms with E-state index in [0.29, 0.717) is 6.04 Å². The van der Waals surface area contributed by atoms with E-state index < -0.39 is 4.92 Å². The first-order valence-corrected chi connectivity index (χ1v) is 7.08. The van der Waals surface area contributed by atoms with E-state index in [1.165, 1.54) is 30.5 Å². The van der Waals surface area contributed by atoms with Gasteiger partial charge in [-0.05, 0) is 43.5 Å². The lowest BCUT2D eigenvalue weighted by atomic mass is 10.1. The molecule has 0 atom stereocenters. The minimum atomic E-state index is -0.394. The van der Waals surface area contributed by atoms with Crippen LogP contribution in [0.2, 0.25) is 0 Å². The third-order valence-corrected chi connectivity index (χ3v) is 3.73. The molecule has 0 unspecified atom stereocenters. The summed E-state index contributed by atoms with van der Waals surface area (Å²) in [6.07, 6.45) is 2.54. The molecule has 0 aliphatic heterocycles. The molecule has 0 bridgehead atoms. The molecule has 3 rings (SSSR count). The minimum absolute atomic E-state index is 0.0979. The number of non-ortho nitro benzene ring substituents is 1. The molecule has 1 saturated carbocycles. The molecule has 21 heavy (non-hydrogen) atoms. The minimum Gasteiger partial charge on any atom is -0.310 e. The van der Waals surface area contributed by atoms with Crippen molar-refractivity contribution in [3.63, 3.8) is 0 Å². The van der Waals surface area contributed by atoms with Crippen LogP contribution in [0.3, 0.4) is 0 Å². The van der Waals surface area contributed by atoms with Crippen LogP contribution in [-0.2, 0) is 6.54 Å². The number of rotatable bonds is 5. The molecule has 1 aromatic heterocycles. The molecule has 1 N–H and O–H groups in total. The van der Waals surface area contributed by atoms with Gasteiger partial charge in [-0.2, -0.15) is 0 Å². The van der Waals surface area contributed by atoms with Crippen molar-refractivity contribution < 1.29 is 4.92 Å². The number of nitrogens with zero attached hydrogens (tertiary/aromatic N) is 2. The fourth-order valence-corrected chi connectivity index (χ4v) is 2.23. The Labute approximate surface area is 123 Å². The monoisotopic (exact) mass is 283 g/mol. The van der Waals surface area contributed by atoms with Crippen LogP contribution in [0.5, 0.6) is 0 Å². The predicted octanol–water partition coefficient (Wildman–Crippen LogP) is 3.22. The van der Waals surface area contributed by atoms with Gasteiger partial charge >= 0.3 is 0 Å². The van der Waals surface area contributed by atoms with E-state index in [2.05, 4.69) is 16.4 Å². The molecule has 1 aromatic carbocycles. The van der Waals surface area contributed by atoms with Crippen molar-refractivity contribution in [1.82, 2.24) is 10.3 Å². The molecule has 0 spiro atoms. The zero-order chi connectivity index (χ0) is 14.8. The lowest BCUT2D eigenvalue weighted by molar-refractivity contribution is -0.384. The highest BCUT2D eigenvalue weighted by Gasteiger charge is 2.20. The first-order chi connectivity index (χ1) is 10.1. The van der Waals surface area contributed by atoms with E-state index in [1.54, 1.807) is 12.1 Å². The molecule has 0 radical (unpaired) electrons. The summed E-state index contributed by atoms with van der Waals surface area (Å²) < 4.78 is 0. The van der Waals surface area contributed by atoms with Crippen LogP contribution in [-0.4, -0.2) is 15.9 Å². The molecule has 0 amide bonds. The summed E-state index contributed by atoms with van der Waals surface area (Å²) in [6, 6.07) is 11.2. The summed E-state index contributed by atoms with van der Waals surface area (Å²) in [7, 11) is 0. The Balaban J connectivity index is 1.78. The van der Waals surface area contributed by atoms with Crippen molar-refractivity contribution in [3.05, 3.63) is 57.8 Å². The maximum absolute atomic E-state index is 10.7. The Morgan fingerprint density at radius 3 is 2.52 bits per heavy atom. The molecule has 1 aliphatic carbocycles. The van der Waals surface area contributed by atoms with Crippen LogP contribution in [0.25, 0.3) is 11.3 Å². The van der Waals surface area contributed by atoms with Gasteiger partial charge in [0.05, 0.1) is 10.6 Å². The van der Waals surface area contributed by atoms with Gasteiger partial charge < -0.3 is 5.32 Å². The summed E-state index contributed by atoms with van der Waals surface area (Å²) >= 11 is 0. The normalized spacial score (nSPS) is 14.1. The quantitative estimate of drug-likeness (QED) is 0.675. The van der Waals surface area contributed by atoms with Crippen molar-refractivity contribution in [2.75, 3.05) is 0 Å². The average molecular weight is 283 g/mol. The SMILES string of the molecule is Cc1nc(-c2ccc([N+](=O)[O-])cc2)ccc1CNC1CC1. The van der Waals surface area contributed by atoms with Gasteiger partial charge in [0.2, 0.25) is 0 Å². The van der Waals surface area contributed by atoms with Crippen LogP contribution in [0.15, 0.2) is 36.4 Å². The lowest BCUT2D eigenvalue weighted by Gasteiger charge is -2.08. The number of aryl methyl sites for hydroxylation is 1. The molecular formula is C16H17N3O2. The molecule has 5 nitrogen and oxygen atoms in total. The molecule has 2 aromatic rings. The molecule has 108 valence electrons. The van der Waals surface area contributed by atoms with Crippen LogP contribution >= 0.6 is 0 Å². The summed E-state index contributed by atoms with van der Waals surface area (Å²) in [6.45, 7) is 2.85. The second kappa shape index (κ2) is 5.61. The van der Waals surface area contributed by atoms with Gasteiger partial charge in [0.1, 0.15) is 0 Å². The maximum atomic E-state index is 10.7. The zero-order valence-corrected chi connectivity index (χ0v) is 11.9. The average Bonchev–Trinajstić information content (AvgIpc) is 3.30. The van der Waals surface area contributed by atoms with Gasteiger partial charge in [-0.1, -0.05) is 6.07 Å². The fraction of sp³-hybridized carbons (Fsp3) is 0.312. The Hall–Kier alpha value is -2.27. The second-order valence-corrected chi connectivity index (χ2v) is 5.40. The smallest absolute Gasteiger partial charge is 0.269 e. The summed E-state index contributed by atoms with van der Waals surface area (Å²) in [5, 5.41) is 14.1. The highest BCUT2D eigenvalue weighted by molar-refractivity contribution is 5.61. The summed E-state index contributed by atoms with van der Waals surface area (Å²) in [5.74, 6) is 0. The topological polar surface area (TPSA) is 68.1 Å². The zero-order valence-electron chi connectivity index (χ0n) is 11.9. The van der Waals surface area contributed by atoms with Crippen LogP contribution in [0.1, 0.15) is 24.1 Å². The molecule has 1 fully saturated rings. The molecular weight excluding hydrogens is 266 g/mol. The number of hydrogen-bond donors (Lipinski definition) is 1.